The fourth-order valence-corrected chi connectivity index (χ4v) is 3.44. The van der Waals surface area contributed by atoms with E-state index in [1.807, 2.05) is 30.0 Å². The molecule has 2 saturated heterocycles. The number of hydrogen-bond donors (Lipinski definition) is 0. The van der Waals surface area contributed by atoms with Crippen LogP contribution in [-0.2, 0) is 20.7 Å². The third-order valence-corrected chi connectivity index (χ3v) is 4.92. The third-order valence-electron chi connectivity index (χ3n) is 4.55. The number of esters is 1. The van der Waals surface area contributed by atoms with E-state index in [0.29, 0.717) is 37.6 Å². The van der Waals surface area contributed by atoms with Crippen LogP contribution in [0.2, 0.25) is 5.02 Å². The normalized spacial score (nSPS) is 25.5. The predicted molar refractivity (Wildman–Crippen MR) is 87.3 cm³/mol. The van der Waals surface area contributed by atoms with E-state index in [4.69, 9.17) is 16.3 Å². The SMILES string of the molecule is C[C@@H]1C[C@@H](N2CCN(C(=O)Cc3ccccc3Cl)CC2)C(=O)O1. The fraction of sp³-hybridized carbons (Fsp3) is 0.529. The van der Waals surface area contributed by atoms with Gasteiger partial charge in [0.15, 0.2) is 0 Å². The minimum Gasteiger partial charge on any atom is -0.461 e. The van der Waals surface area contributed by atoms with Crippen molar-refractivity contribution < 1.29 is 14.3 Å². The largest absolute Gasteiger partial charge is 0.461 e. The molecule has 5 nitrogen and oxygen atoms in total. The first-order valence-corrected chi connectivity index (χ1v) is 8.38. The van der Waals surface area contributed by atoms with Crippen molar-refractivity contribution in [2.75, 3.05) is 26.2 Å². The number of nitrogens with zero attached hydrogens (tertiary/aromatic N) is 2. The summed E-state index contributed by atoms with van der Waals surface area (Å²) < 4.78 is 5.22. The average molecular weight is 337 g/mol. The number of rotatable bonds is 3. The highest BCUT2D eigenvalue weighted by molar-refractivity contribution is 6.31. The molecule has 6 heteroatoms. The Balaban J connectivity index is 1.54. The Morgan fingerprint density at radius 3 is 2.57 bits per heavy atom. The smallest absolute Gasteiger partial charge is 0.323 e. The molecule has 2 fully saturated rings. The van der Waals surface area contributed by atoms with Gasteiger partial charge in [0.1, 0.15) is 12.1 Å². The summed E-state index contributed by atoms with van der Waals surface area (Å²) in [6.45, 7) is 4.62. The Morgan fingerprint density at radius 2 is 1.96 bits per heavy atom. The molecule has 3 rings (SSSR count). The van der Waals surface area contributed by atoms with Crippen LogP contribution in [0.3, 0.4) is 0 Å². The first kappa shape index (κ1) is 16.3. The van der Waals surface area contributed by atoms with E-state index in [2.05, 4.69) is 4.90 Å². The van der Waals surface area contributed by atoms with Gasteiger partial charge < -0.3 is 9.64 Å². The molecule has 0 radical (unpaired) electrons. The van der Waals surface area contributed by atoms with Gasteiger partial charge in [0.2, 0.25) is 5.91 Å². The first-order chi connectivity index (χ1) is 11.0. The molecule has 0 aromatic heterocycles. The molecule has 0 unspecified atom stereocenters. The number of piperazine rings is 1. The zero-order chi connectivity index (χ0) is 16.4. The lowest BCUT2D eigenvalue weighted by Crippen LogP contribution is -2.53. The van der Waals surface area contributed by atoms with Crippen molar-refractivity contribution in [3.63, 3.8) is 0 Å². The highest BCUT2D eigenvalue weighted by Crippen LogP contribution is 2.22. The van der Waals surface area contributed by atoms with Crippen molar-refractivity contribution in [3.8, 4) is 0 Å². The molecule has 0 aliphatic carbocycles. The van der Waals surface area contributed by atoms with Crippen molar-refractivity contribution in [1.29, 1.82) is 0 Å². The van der Waals surface area contributed by atoms with E-state index >= 15 is 0 Å². The summed E-state index contributed by atoms with van der Waals surface area (Å²) in [4.78, 5) is 28.2. The zero-order valence-electron chi connectivity index (χ0n) is 13.2. The topological polar surface area (TPSA) is 49.9 Å². The summed E-state index contributed by atoms with van der Waals surface area (Å²) in [6.07, 6.45) is 1.06. The number of cyclic esters (lactones) is 1. The molecule has 2 aliphatic heterocycles. The Bertz CT molecular complexity index is 599. The van der Waals surface area contributed by atoms with Gasteiger partial charge in [0.05, 0.1) is 6.42 Å². The Kier molecular flexibility index (Phi) is 4.87. The van der Waals surface area contributed by atoms with Gasteiger partial charge in [0.25, 0.3) is 0 Å². The van der Waals surface area contributed by atoms with Crippen LogP contribution in [0.4, 0.5) is 0 Å². The monoisotopic (exact) mass is 336 g/mol. The summed E-state index contributed by atoms with van der Waals surface area (Å²) in [7, 11) is 0. The maximum atomic E-state index is 12.4. The lowest BCUT2D eigenvalue weighted by molar-refractivity contribution is -0.145. The number of halogens is 1. The molecule has 1 aromatic carbocycles. The Hall–Kier alpha value is -1.59. The Labute approximate surface area is 141 Å². The molecule has 0 N–H and O–H groups in total. The summed E-state index contributed by atoms with van der Waals surface area (Å²) in [6, 6.07) is 7.28. The number of hydrogen-bond acceptors (Lipinski definition) is 4. The van der Waals surface area contributed by atoms with Gasteiger partial charge in [-0.05, 0) is 18.6 Å². The molecular formula is C17H21ClN2O3. The lowest BCUT2D eigenvalue weighted by Gasteiger charge is -2.36. The number of benzene rings is 1. The Morgan fingerprint density at radius 1 is 1.26 bits per heavy atom. The van der Waals surface area contributed by atoms with Crippen LogP contribution in [0.5, 0.6) is 0 Å². The van der Waals surface area contributed by atoms with Crippen LogP contribution in [0.1, 0.15) is 18.9 Å². The van der Waals surface area contributed by atoms with E-state index in [0.717, 1.165) is 12.0 Å². The second-order valence-corrected chi connectivity index (χ2v) is 6.59. The average Bonchev–Trinajstić information content (AvgIpc) is 2.88. The van der Waals surface area contributed by atoms with E-state index in [1.54, 1.807) is 6.07 Å². The van der Waals surface area contributed by atoms with Crippen molar-refractivity contribution in [3.05, 3.63) is 34.9 Å². The number of carbonyl (C=O) groups excluding carboxylic acids is 2. The maximum Gasteiger partial charge on any atom is 0.323 e. The van der Waals surface area contributed by atoms with Crippen LogP contribution in [0, 0.1) is 0 Å². The number of carbonyl (C=O) groups is 2. The molecule has 1 amide bonds. The number of amides is 1. The highest BCUT2D eigenvalue weighted by atomic mass is 35.5. The van der Waals surface area contributed by atoms with Crippen LogP contribution >= 0.6 is 11.6 Å². The molecule has 2 atom stereocenters. The van der Waals surface area contributed by atoms with Crippen molar-refractivity contribution in [2.24, 2.45) is 0 Å². The predicted octanol–water partition coefficient (Wildman–Crippen LogP) is 1.73. The quantitative estimate of drug-likeness (QED) is 0.789. The standard InChI is InChI=1S/C17H21ClN2O3/c1-12-10-15(17(22)23-12)19-6-8-20(9-7-19)16(21)11-13-4-2-3-5-14(13)18/h2-5,12,15H,6-11H2,1H3/t12-,15-/m1/s1. The lowest BCUT2D eigenvalue weighted by atomic mass is 10.1. The van der Waals surface area contributed by atoms with Gasteiger partial charge in [-0.25, -0.2) is 0 Å². The van der Waals surface area contributed by atoms with Crippen molar-refractivity contribution >= 4 is 23.5 Å². The van der Waals surface area contributed by atoms with Crippen LogP contribution < -0.4 is 0 Å². The van der Waals surface area contributed by atoms with Gasteiger partial charge in [-0.15, -0.1) is 0 Å². The maximum absolute atomic E-state index is 12.4. The molecule has 1 aromatic rings. The second-order valence-electron chi connectivity index (χ2n) is 6.18. The van der Waals surface area contributed by atoms with Crippen LogP contribution in [0.15, 0.2) is 24.3 Å². The van der Waals surface area contributed by atoms with Crippen molar-refractivity contribution in [2.45, 2.75) is 31.9 Å². The molecule has 0 spiro atoms. The molecule has 23 heavy (non-hydrogen) atoms. The van der Waals surface area contributed by atoms with Gasteiger partial charge in [-0.1, -0.05) is 29.8 Å². The molecule has 0 bridgehead atoms. The van der Waals surface area contributed by atoms with E-state index in [1.165, 1.54) is 0 Å². The number of ether oxygens (including phenoxy) is 1. The first-order valence-electron chi connectivity index (χ1n) is 8.00. The summed E-state index contributed by atoms with van der Waals surface area (Å²) in [5.74, 6) is -0.0477. The molecule has 2 heterocycles. The third kappa shape index (κ3) is 3.67. The molecule has 0 saturated carbocycles. The van der Waals surface area contributed by atoms with Gasteiger partial charge >= 0.3 is 5.97 Å². The summed E-state index contributed by atoms with van der Waals surface area (Å²) >= 11 is 6.12. The zero-order valence-corrected chi connectivity index (χ0v) is 14.0. The van der Waals surface area contributed by atoms with Gasteiger partial charge in [0, 0.05) is 37.6 Å². The van der Waals surface area contributed by atoms with Gasteiger partial charge in [-0.3, -0.25) is 14.5 Å². The van der Waals surface area contributed by atoms with E-state index in [9.17, 15) is 9.59 Å². The molecular weight excluding hydrogens is 316 g/mol. The van der Waals surface area contributed by atoms with E-state index in [-0.39, 0.29) is 24.0 Å². The van der Waals surface area contributed by atoms with Crippen molar-refractivity contribution in [1.82, 2.24) is 9.80 Å². The molecule has 2 aliphatic rings. The minimum atomic E-state index is -0.147. The second kappa shape index (κ2) is 6.89. The molecule has 124 valence electrons. The summed E-state index contributed by atoms with van der Waals surface area (Å²) in [5.41, 5.74) is 0.856. The van der Waals surface area contributed by atoms with Crippen LogP contribution in [-0.4, -0.2) is 60.0 Å². The minimum absolute atomic E-state index is 0.00705. The van der Waals surface area contributed by atoms with Crippen LogP contribution in [0.25, 0.3) is 0 Å². The van der Waals surface area contributed by atoms with E-state index < -0.39 is 0 Å². The fourth-order valence-electron chi connectivity index (χ4n) is 3.23. The summed E-state index contributed by atoms with van der Waals surface area (Å²) in [5, 5.41) is 0.627. The highest BCUT2D eigenvalue weighted by Gasteiger charge is 2.38. The van der Waals surface area contributed by atoms with Gasteiger partial charge in [-0.2, -0.15) is 0 Å².